The number of nitrogens with one attached hydrogen (secondary N) is 2. The van der Waals surface area contributed by atoms with Gasteiger partial charge < -0.3 is 43.8 Å². The van der Waals surface area contributed by atoms with Gasteiger partial charge in [0.15, 0.2) is 18.5 Å². The van der Waals surface area contributed by atoms with E-state index in [1.807, 2.05) is 146 Å². The summed E-state index contributed by atoms with van der Waals surface area (Å²) < 4.78 is 42.2. The van der Waals surface area contributed by atoms with Crippen molar-refractivity contribution in [2.75, 3.05) is 46.6 Å². The van der Waals surface area contributed by atoms with Crippen molar-refractivity contribution < 1.29 is 61.9 Å². The number of unbranched alkanes of at least 4 members (excludes halogenated alkanes) is 1. The molecule has 73 heavy (non-hydrogen) atoms. The number of hydrogen-bond donors (Lipinski definition) is 2. The van der Waals surface area contributed by atoms with E-state index in [9.17, 15) is 28.8 Å². The third-order valence-electron chi connectivity index (χ3n) is 12.5. The van der Waals surface area contributed by atoms with Crippen LogP contribution in [-0.4, -0.2) is 118 Å². The number of carbonyl (C=O) groups is 6. The molecule has 0 bridgehead atoms. The second kappa shape index (κ2) is 25.6. The molecule has 382 valence electrons. The van der Waals surface area contributed by atoms with Crippen molar-refractivity contribution in [3.63, 3.8) is 0 Å². The highest BCUT2D eigenvalue weighted by Crippen LogP contribution is 2.45. The van der Waals surface area contributed by atoms with Crippen molar-refractivity contribution in [3.8, 4) is 11.1 Å². The molecule has 1 aliphatic carbocycles. The molecule has 5 aromatic carbocycles. The molecule has 0 spiro atoms. The molecule has 5 aromatic rings. The maximum atomic E-state index is 13.7. The Morgan fingerprint density at radius 2 is 1.21 bits per heavy atom. The molecule has 5 atom stereocenters. The molecule has 7 rings (SSSR count). The average molecular weight is 996 g/mol. The van der Waals surface area contributed by atoms with Gasteiger partial charge in [0.2, 0.25) is 11.8 Å². The summed E-state index contributed by atoms with van der Waals surface area (Å²) in [6.07, 6.45) is -1.17. The Kier molecular flexibility index (Phi) is 18.7. The maximum Gasteiger partial charge on any atom is 0.410 e. The van der Waals surface area contributed by atoms with Gasteiger partial charge in [-0.05, 0) is 51.8 Å². The normalized spacial score (nSPS) is 18.2. The molecule has 2 aliphatic rings. The maximum absolute atomic E-state index is 13.7. The average Bonchev–Trinajstić information content (AvgIpc) is 3.72. The molecule has 0 unspecified atom stereocenters. The predicted molar refractivity (Wildman–Crippen MR) is 269 cm³/mol. The molecule has 1 fully saturated rings. The van der Waals surface area contributed by atoms with Gasteiger partial charge in [-0.15, -0.1) is 0 Å². The number of benzene rings is 5. The van der Waals surface area contributed by atoms with Crippen molar-refractivity contribution in [1.29, 1.82) is 0 Å². The summed E-state index contributed by atoms with van der Waals surface area (Å²) in [5.41, 5.74) is 5.45. The lowest BCUT2D eigenvalue weighted by Crippen LogP contribution is -2.66. The van der Waals surface area contributed by atoms with Gasteiger partial charge in [0.1, 0.15) is 37.4 Å². The van der Waals surface area contributed by atoms with Crippen LogP contribution in [0.4, 0.5) is 4.79 Å². The van der Waals surface area contributed by atoms with Gasteiger partial charge in [0.05, 0.1) is 20.3 Å². The number of ether oxygens (including phenoxy) is 7. The molecule has 0 saturated carbocycles. The number of nitrogens with zero attached hydrogens (tertiary/aromatic N) is 1. The second-order valence-corrected chi connectivity index (χ2v) is 17.5. The standard InChI is InChI=1S/C57H61N3O13/c1-38(61)59-52-54(72-40(3)63)53(71-39(2)62)49(37-70-57(41-22-10-7-11-23-41,42-24-12-8-13-25-42)43-26-14-9-15-27-43)73-55(52)68-33-21-6-5-20-32-60(35-50(64)58-34-51(65)67-4)56(66)69-36-48-46-30-18-16-28-44(46)45-29-17-19-31-47(45)48/h6-19,21-31,48-49,52-55H,5,20,32-37H2,1-4H3,(H,58,64)(H,59,61)/b21-6-/t49-,52-,53-,54-,55-/m1/s1. The molecule has 0 radical (unpaired) electrons. The summed E-state index contributed by atoms with van der Waals surface area (Å²) in [5.74, 6) is -3.26. The van der Waals surface area contributed by atoms with Crippen LogP contribution in [0.25, 0.3) is 11.1 Å². The van der Waals surface area contributed by atoms with E-state index in [0.29, 0.717) is 12.8 Å². The third-order valence-corrected chi connectivity index (χ3v) is 12.5. The van der Waals surface area contributed by atoms with Crippen LogP contribution in [0.5, 0.6) is 0 Å². The Morgan fingerprint density at radius 1 is 0.671 bits per heavy atom. The topological polar surface area (TPSA) is 194 Å². The molecule has 16 heteroatoms. The van der Waals surface area contributed by atoms with Crippen LogP contribution in [0.2, 0.25) is 0 Å². The number of fused-ring (bicyclic) bond motifs is 3. The summed E-state index contributed by atoms with van der Waals surface area (Å²) in [7, 11) is 1.21. The van der Waals surface area contributed by atoms with Gasteiger partial charge >= 0.3 is 24.0 Å². The highest BCUT2D eigenvalue weighted by atomic mass is 16.7. The smallest absolute Gasteiger partial charge is 0.410 e. The van der Waals surface area contributed by atoms with Gasteiger partial charge in [-0.2, -0.15) is 0 Å². The fourth-order valence-corrected chi connectivity index (χ4v) is 9.34. The van der Waals surface area contributed by atoms with E-state index in [1.54, 1.807) is 6.08 Å². The lowest BCUT2D eigenvalue weighted by atomic mass is 9.80. The molecular weight excluding hydrogens is 935 g/mol. The fourth-order valence-electron chi connectivity index (χ4n) is 9.34. The van der Waals surface area contributed by atoms with Gasteiger partial charge in [-0.25, -0.2) is 4.79 Å². The second-order valence-electron chi connectivity index (χ2n) is 17.5. The molecule has 3 amide bonds. The third kappa shape index (κ3) is 13.5. The Labute approximate surface area is 424 Å². The van der Waals surface area contributed by atoms with Crippen molar-refractivity contribution >= 4 is 35.8 Å². The minimum atomic E-state index is -1.27. The van der Waals surface area contributed by atoms with Crippen LogP contribution in [0, 0.1) is 0 Å². The largest absolute Gasteiger partial charge is 0.468 e. The van der Waals surface area contributed by atoms with Crippen molar-refractivity contribution in [2.24, 2.45) is 0 Å². The summed E-state index contributed by atoms with van der Waals surface area (Å²) in [6.45, 7) is 2.92. The van der Waals surface area contributed by atoms with Crippen molar-refractivity contribution in [1.82, 2.24) is 15.5 Å². The minimum Gasteiger partial charge on any atom is -0.468 e. The van der Waals surface area contributed by atoms with Crippen LogP contribution >= 0.6 is 0 Å². The first kappa shape index (κ1) is 53.1. The first-order valence-electron chi connectivity index (χ1n) is 24.2. The minimum absolute atomic E-state index is 0.0483. The number of esters is 3. The van der Waals surface area contributed by atoms with E-state index in [0.717, 1.165) is 38.9 Å². The summed E-state index contributed by atoms with van der Waals surface area (Å²) >= 11 is 0. The summed E-state index contributed by atoms with van der Waals surface area (Å²) in [5, 5.41) is 5.27. The number of amides is 3. The van der Waals surface area contributed by atoms with Crippen LogP contribution < -0.4 is 10.6 Å². The SMILES string of the molecule is COC(=O)CNC(=O)CN(CCC/C=C\CO[C@@H]1O[C@H](COC(c2ccccc2)(c2ccccc2)c2ccccc2)[C@@H](OC(C)=O)[C@H](OC(C)=O)[C@H]1NC(C)=O)C(=O)OCC1c2ccccc2-c2ccccc21. The van der Waals surface area contributed by atoms with Crippen LogP contribution in [0.3, 0.4) is 0 Å². The Hall–Kier alpha value is -7.66. The monoisotopic (exact) mass is 995 g/mol. The van der Waals surface area contributed by atoms with Crippen molar-refractivity contribution in [3.05, 3.63) is 179 Å². The quantitative estimate of drug-likeness (QED) is 0.0237. The Balaban J connectivity index is 1.06. The highest BCUT2D eigenvalue weighted by molar-refractivity contribution is 5.85. The zero-order valence-corrected chi connectivity index (χ0v) is 41.3. The number of carbonyl (C=O) groups excluding carboxylic acids is 6. The molecule has 16 nitrogen and oxygen atoms in total. The van der Waals surface area contributed by atoms with Gasteiger partial charge in [0, 0.05) is 33.2 Å². The zero-order chi connectivity index (χ0) is 51.7. The van der Waals surface area contributed by atoms with Crippen molar-refractivity contribution in [2.45, 2.75) is 75.8 Å². The van der Waals surface area contributed by atoms with E-state index >= 15 is 0 Å². The van der Waals surface area contributed by atoms with Crippen LogP contribution in [0.15, 0.2) is 152 Å². The highest BCUT2D eigenvalue weighted by Gasteiger charge is 2.52. The lowest BCUT2D eigenvalue weighted by Gasteiger charge is -2.46. The first-order valence-corrected chi connectivity index (χ1v) is 24.2. The summed E-state index contributed by atoms with van der Waals surface area (Å²) in [4.78, 5) is 78.0. The van der Waals surface area contributed by atoms with E-state index < -0.39 is 72.1 Å². The Bertz CT molecular complexity index is 2560. The molecule has 1 aliphatic heterocycles. The zero-order valence-electron chi connectivity index (χ0n) is 41.3. The van der Waals surface area contributed by atoms with Gasteiger partial charge in [0.25, 0.3) is 0 Å². The van der Waals surface area contributed by atoms with Crippen LogP contribution in [0.1, 0.15) is 67.3 Å². The van der Waals surface area contributed by atoms with E-state index in [4.69, 9.17) is 28.4 Å². The van der Waals surface area contributed by atoms with E-state index in [2.05, 4.69) is 15.4 Å². The molecule has 1 heterocycles. The molecule has 1 saturated heterocycles. The molecule has 2 N–H and O–H groups in total. The van der Waals surface area contributed by atoms with Gasteiger partial charge in [-0.3, -0.25) is 28.9 Å². The molecular formula is C57H61N3O13. The van der Waals surface area contributed by atoms with Gasteiger partial charge in [-0.1, -0.05) is 152 Å². The Morgan fingerprint density at radius 3 is 1.74 bits per heavy atom. The fraction of sp³-hybridized carbons (Fsp3) is 0.333. The predicted octanol–water partition coefficient (Wildman–Crippen LogP) is 6.98. The molecule has 0 aromatic heterocycles. The van der Waals surface area contributed by atoms with E-state index in [-0.39, 0.29) is 45.4 Å². The first-order chi connectivity index (χ1) is 35.4. The van der Waals surface area contributed by atoms with E-state index in [1.165, 1.54) is 32.8 Å². The lowest BCUT2D eigenvalue weighted by molar-refractivity contribution is -0.279. The number of allylic oxidation sites excluding steroid dienone is 1. The number of hydrogen-bond acceptors (Lipinski definition) is 13. The van der Waals surface area contributed by atoms with Crippen LogP contribution in [-0.2, 0) is 62.7 Å². The summed E-state index contributed by atoms with van der Waals surface area (Å²) in [6, 6.07) is 43.8. The number of methoxy groups -OCH3 is 1. The number of rotatable bonds is 22.